The third-order valence-corrected chi connectivity index (χ3v) is 12.8. The Morgan fingerprint density at radius 2 is 1.75 bits per heavy atom. The highest BCUT2D eigenvalue weighted by Crippen LogP contribution is 2.69. The van der Waals surface area contributed by atoms with Gasteiger partial charge in [0, 0.05) is 11.4 Å². The van der Waals surface area contributed by atoms with E-state index in [0.717, 1.165) is 65.1 Å². The number of fused-ring (bicyclic) bond motifs is 3. The predicted molar refractivity (Wildman–Crippen MR) is 156 cm³/mol. The summed E-state index contributed by atoms with van der Waals surface area (Å²) in [5.41, 5.74) is 16.5. The first-order chi connectivity index (χ1) is 17.1. The summed E-state index contributed by atoms with van der Waals surface area (Å²) in [6, 6.07) is 6.18. The highest BCUT2D eigenvalue weighted by molar-refractivity contribution is 5.56. The molecular formula is C34H56N2. The number of benzene rings is 1. The van der Waals surface area contributed by atoms with Gasteiger partial charge >= 0.3 is 0 Å². The molecule has 1 spiro atoms. The molecule has 36 heavy (non-hydrogen) atoms. The number of hydrogen-bond donors (Lipinski definition) is 2. The van der Waals surface area contributed by atoms with Crippen LogP contribution in [0.25, 0.3) is 0 Å². The summed E-state index contributed by atoms with van der Waals surface area (Å²) in [6.07, 6.45) is 18.8. The Balaban J connectivity index is 1.30. The molecular weight excluding hydrogens is 436 g/mol. The second kappa shape index (κ2) is 10.2. The van der Waals surface area contributed by atoms with E-state index in [0.29, 0.717) is 10.8 Å². The van der Waals surface area contributed by atoms with Crippen LogP contribution in [-0.2, 0) is 6.42 Å². The normalized spacial score (nSPS) is 40.9. The summed E-state index contributed by atoms with van der Waals surface area (Å²) in [4.78, 5) is 0. The summed E-state index contributed by atoms with van der Waals surface area (Å²) >= 11 is 0. The van der Waals surface area contributed by atoms with Crippen molar-refractivity contribution in [2.75, 3.05) is 11.5 Å². The van der Waals surface area contributed by atoms with Gasteiger partial charge in [-0.25, -0.2) is 0 Å². The number of nitrogen functional groups attached to an aromatic ring is 2. The minimum Gasteiger partial charge on any atom is -0.399 e. The van der Waals surface area contributed by atoms with E-state index in [1.54, 1.807) is 0 Å². The Hall–Kier alpha value is -1.18. The van der Waals surface area contributed by atoms with Gasteiger partial charge in [-0.1, -0.05) is 59.9 Å². The topological polar surface area (TPSA) is 52.0 Å². The molecule has 202 valence electrons. The Morgan fingerprint density at radius 1 is 0.944 bits per heavy atom. The van der Waals surface area contributed by atoms with Crippen molar-refractivity contribution in [3.63, 3.8) is 0 Å². The maximum absolute atomic E-state index is 6.36. The highest BCUT2D eigenvalue weighted by atomic mass is 14.7. The molecule has 4 aliphatic carbocycles. The molecule has 9 unspecified atom stereocenters. The van der Waals surface area contributed by atoms with E-state index < -0.39 is 0 Å². The first kappa shape index (κ1) is 26.4. The predicted octanol–water partition coefficient (Wildman–Crippen LogP) is 9.13. The number of hydrogen-bond acceptors (Lipinski definition) is 2. The van der Waals surface area contributed by atoms with Crippen molar-refractivity contribution in [3.05, 3.63) is 23.8 Å². The molecule has 2 heteroatoms. The Kier molecular flexibility index (Phi) is 7.47. The van der Waals surface area contributed by atoms with Gasteiger partial charge in [-0.15, -0.1) is 0 Å². The lowest BCUT2D eigenvalue weighted by molar-refractivity contribution is -0.0656. The molecule has 0 radical (unpaired) electrons. The van der Waals surface area contributed by atoms with Crippen LogP contribution >= 0.6 is 0 Å². The minimum absolute atomic E-state index is 0.587. The lowest BCUT2D eigenvalue weighted by atomic mass is 9.49. The first-order valence-electron chi connectivity index (χ1n) is 15.8. The van der Waals surface area contributed by atoms with Gasteiger partial charge in [0.25, 0.3) is 0 Å². The van der Waals surface area contributed by atoms with Gasteiger partial charge in [0.2, 0.25) is 0 Å². The van der Waals surface area contributed by atoms with E-state index in [-0.39, 0.29) is 0 Å². The van der Waals surface area contributed by atoms with Gasteiger partial charge in [0.1, 0.15) is 0 Å². The lowest BCUT2D eigenvalue weighted by Crippen LogP contribution is -2.48. The fraction of sp³-hybridized carbons (Fsp3) is 0.824. The Labute approximate surface area is 222 Å². The third kappa shape index (κ3) is 4.62. The van der Waals surface area contributed by atoms with Crippen LogP contribution in [0, 0.1) is 58.2 Å². The molecule has 4 saturated carbocycles. The third-order valence-electron chi connectivity index (χ3n) is 12.8. The summed E-state index contributed by atoms with van der Waals surface area (Å²) in [5.74, 6) is 7.32. The van der Waals surface area contributed by atoms with Crippen LogP contribution in [0.4, 0.5) is 11.4 Å². The van der Waals surface area contributed by atoms with Gasteiger partial charge in [-0.2, -0.15) is 0 Å². The van der Waals surface area contributed by atoms with Crippen molar-refractivity contribution in [1.82, 2.24) is 0 Å². The van der Waals surface area contributed by atoms with Crippen molar-refractivity contribution in [1.29, 1.82) is 0 Å². The van der Waals surface area contributed by atoms with Crippen molar-refractivity contribution < 1.29 is 0 Å². The van der Waals surface area contributed by atoms with Crippen LogP contribution in [0.2, 0.25) is 0 Å². The number of rotatable bonds is 7. The zero-order valence-electron chi connectivity index (χ0n) is 24.2. The zero-order chi connectivity index (χ0) is 25.7. The van der Waals surface area contributed by atoms with Crippen molar-refractivity contribution in [3.8, 4) is 0 Å². The zero-order valence-corrected chi connectivity index (χ0v) is 24.2. The maximum Gasteiger partial charge on any atom is 0.0367 e. The second-order valence-electron chi connectivity index (χ2n) is 14.9. The fourth-order valence-corrected chi connectivity index (χ4v) is 10.8. The van der Waals surface area contributed by atoms with Crippen LogP contribution in [0.3, 0.4) is 0 Å². The van der Waals surface area contributed by atoms with Crippen molar-refractivity contribution >= 4 is 11.4 Å². The molecule has 0 amide bonds. The summed E-state index contributed by atoms with van der Waals surface area (Å²) < 4.78 is 0. The summed E-state index contributed by atoms with van der Waals surface area (Å²) in [5, 5.41) is 0. The first-order valence-corrected chi connectivity index (χ1v) is 15.8. The molecule has 9 atom stereocenters. The largest absolute Gasteiger partial charge is 0.399 e. The molecule has 4 fully saturated rings. The van der Waals surface area contributed by atoms with E-state index in [4.69, 9.17) is 11.5 Å². The summed E-state index contributed by atoms with van der Waals surface area (Å²) in [6.45, 7) is 12.9. The van der Waals surface area contributed by atoms with Crippen LogP contribution in [0.5, 0.6) is 0 Å². The SMILES string of the molecule is CC(C)CCCC(C)C1CCC2C3CCC4CC(Cc5ccc(N)cc5N)CCC4(CCC12C)C3C. The molecule has 4 aliphatic rings. The van der Waals surface area contributed by atoms with E-state index in [9.17, 15) is 0 Å². The molecule has 2 nitrogen and oxygen atoms in total. The Morgan fingerprint density at radius 3 is 2.50 bits per heavy atom. The van der Waals surface area contributed by atoms with Crippen LogP contribution in [0.1, 0.15) is 117 Å². The van der Waals surface area contributed by atoms with E-state index in [1.807, 2.05) is 12.1 Å². The molecule has 1 aromatic carbocycles. The van der Waals surface area contributed by atoms with Crippen LogP contribution in [0.15, 0.2) is 18.2 Å². The van der Waals surface area contributed by atoms with Crippen molar-refractivity contribution in [2.24, 2.45) is 58.2 Å². The summed E-state index contributed by atoms with van der Waals surface area (Å²) in [7, 11) is 0. The lowest BCUT2D eigenvalue weighted by Gasteiger charge is -2.56. The standard InChI is InChI=1S/C34H56N2/c1-22(2)7-6-8-23(3)30-13-14-31-29-12-10-27-20-25(19-26-9-11-28(35)21-32(26)36)15-16-34(27,24(29)4)18-17-33(30,31)5/h9,11,21-25,27,29-31H,6-8,10,12-20,35-36H2,1-5H3. The molecule has 2 bridgehead atoms. The Bertz CT molecular complexity index is 906. The molecule has 5 rings (SSSR count). The fourth-order valence-electron chi connectivity index (χ4n) is 10.8. The smallest absolute Gasteiger partial charge is 0.0367 e. The number of nitrogens with two attached hydrogens (primary N) is 2. The molecule has 0 aromatic heterocycles. The van der Waals surface area contributed by atoms with Gasteiger partial charge in [-0.3, -0.25) is 0 Å². The molecule has 0 aliphatic heterocycles. The van der Waals surface area contributed by atoms with E-state index in [2.05, 4.69) is 40.7 Å². The van der Waals surface area contributed by atoms with E-state index >= 15 is 0 Å². The average Bonchev–Trinajstić information content (AvgIpc) is 3.15. The monoisotopic (exact) mass is 492 g/mol. The minimum atomic E-state index is 0.587. The van der Waals surface area contributed by atoms with Crippen LogP contribution < -0.4 is 11.5 Å². The highest BCUT2D eigenvalue weighted by Gasteiger charge is 2.61. The maximum atomic E-state index is 6.36. The second-order valence-corrected chi connectivity index (χ2v) is 14.9. The number of anilines is 2. The van der Waals surface area contributed by atoms with Gasteiger partial charge in [0.15, 0.2) is 0 Å². The molecule has 4 N–H and O–H groups in total. The van der Waals surface area contributed by atoms with Gasteiger partial charge in [0.05, 0.1) is 0 Å². The molecule has 1 aromatic rings. The average molecular weight is 493 g/mol. The van der Waals surface area contributed by atoms with Crippen LogP contribution in [-0.4, -0.2) is 0 Å². The van der Waals surface area contributed by atoms with Gasteiger partial charge < -0.3 is 11.5 Å². The van der Waals surface area contributed by atoms with Gasteiger partial charge in [-0.05, 0) is 140 Å². The van der Waals surface area contributed by atoms with E-state index in [1.165, 1.54) is 82.6 Å². The quantitative estimate of drug-likeness (QED) is 0.373. The van der Waals surface area contributed by atoms with Crippen molar-refractivity contribution in [2.45, 2.75) is 118 Å². The molecule has 0 heterocycles. The molecule has 0 saturated heterocycles.